The summed E-state index contributed by atoms with van der Waals surface area (Å²) >= 11 is 0. The van der Waals surface area contributed by atoms with Crippen LogP contribution in [-0.2, 0) is 26.0 Å². The van der Waals surface area contributed by atoms with Gasteiger partial charge < -0.3 is 10.1 Å². The van der Waals surface area contributed by atoms with Crippen LogP contribution < -0.4 is 10.1 Å². The van der Waals surface area contributed by atoms with Gasteiger partial charge in [-0.25, -0.2) is 13.4 Å². The number of alkyl halides is 3. The van der Waals surface area contributed by atoms with Gasteiger partial charge in [0.1, 0.15) is 11.5 Å². The second-order valence-electron chi connectivity index (χ2n) is 7.08. The third-order valence-corrected chi connectivity index (χ3v) is 6.38. The summed E-state index contributed by atoms with van der Waals surface area (Å²) in [6, 6.07) is 5.30. The zero-order chi connectivity index (χ0) is 21.9. The fourth-order valence-corrected chi connectivity index (χ4v) is 4.87. The first kappa shape index (κ1) is 22.1. The molecule has 1 saturated heterocycles. The number of ether oxygens (including phenoxy) is 1. The number of halogens is 3. The van der Waals surface area contributed by atoms with Crippen LogP contribution in [-0.4, -0.2) is 61.3 Å². The minimum absolute atomic E-state index is 0.0207. The summed E-state index contributed by atoms with van der Waals surface area (Å²) in [5.74, 6) is -1.04. The topological polar surface area (TPSA) is 105 Å². The number of sulfone groups is 1. The van der Waals surface area contributed by atoms with E-state index < -0.39 is 34.6 Å². The van der Waals surface area contributed by atoms with E-state index in [0.29, 0.717) is 5.56 Å². The second-order valence-corrected chi connectivity index (χ2v) is 9.30. The molecule has 0 spiro atoms. The van der Waals surface area contributed by atoms with Gasteiger partial charge in [0.25, 0.3) is 5.91 Å². The Morgan fingerprint density at radius 3 is 2.73 bits per heavy atom. The maximum Gasteiger partial charge on any atom is 0.422 e. The number of hydrogen-bond acceptors (Lipinski definition) is 6. The van der Waals surface area contributed by atoms with Crippen molar-refractivity contribution < 1.29 is 35.9 Å². The molecule has 1 unspecified atom stereocenters. The normalized spacial score (nSPS) is 21.3. The molecule has 0 saturated carbocycles. The summed E-state index contributed by atoms with van der Waals surface area (Å²) in [4.78, 5) is 24.5. The van der Waals surface area contributed by atoms with Gasteiger partial charge in [-0.3, -0.25) is 9.59 Å². The van der Waals surface area contributed by atoms with Crippen molar-refractivity contribution in [3.63, 3.8) is 0 Å². The lowest BCUT2D eigenvalue weighted by Crippen LogP contribution is -2.43. The van der Waals surface area contributed by atoms with E-state index in [1.165, 1.54) is 18.2 Å². The monoisotopic (exact) mass is 447 g/mol. The number of nitrogens with one attached hydrogen (secondary N) is 1. The number of nitrogens with zero attached hydrogens (tertiary/aromatic N) is 2. The summed E-state index contributed by atoms with van der Waals surface area (Å²) < 4.78 is 64.8. The number of carbonyl (C=O) groups excluding carboxylic acids is 2. The van der Waals surface area contributed by atoms with Gasteiger partial charge >= 0.3 is 6.18 Å². The Morgan fingerprint density at radius 2 is 2.07 bits per heavy atom. The molecule has 8 nitrogen and oxygen atoms in total. The fraction of sp³-hybridized carbons (Fsp3) is 0.500. The van der Waals surface area contributed by atoms with Crippen LogP contribution in [0.25, 0.3) is 0 Å². The summed E-state index contributed by atoms with van der Waals surface area (Å²) in [7, 11) is -3.22. The Morgan fingerprint density at radius 1 is 1.30 bits per heavy atom. The molecule has 0 bridgehead atoms. The third kappa shape index (κ3) is 5.94. The molecule has 30 heavy (non-hydrogen) atoms. The highest BCUT2D eigenvalue weighted by molar-refractivity contribution is 7.91. The maximum atomic E-state index is 12.4. The lowest BCUT2D eigenvalue weighted by Gasteiger charge is -2.27. The molecule has 1 N–H and O–H groups in total. The van der Waals surface area contributed by atoms with Crippen LogP contribution >= 0.6 is 0 Å². The molecule has 1 aromatic rings. The highest BCUT2D eigenvalue weighted by atomic mass is 32.2. The molecule has 1 atom stereocenters. The summed E-state index contributed by atoms with van der Waals surface area (Å²) in [5, 5.41) is 7.77. The minimum atomic E-state index is -4.45. The first-order chi connectivity index (χ1) is 14.0. The molecule has 2 heterocycles. The van der Waals surface area contributed by atoms with E-state index in [4.69, 9.17) is 0 Å². The molecule has 1 fully saturated rings. The van der Waals surface area contributed by atoms with Crippen LogP contribution in [0.15, 0.2) is 29.4 Å². The Balaban J connectivity index is 1.60. The molecule has 0 aliphatic carbocycles. The second kappa shape index (κ2) is 8.62. The van der Waals surface area contributed by atoms with E-state index in [1.54, 1.807) is 6.07 Å². The van der Waals surface area contributed by atoms with E-state index in [-0.39, 0.29) is 54.7 Å². The van der Waals surface area contributed by atoms with Crippen LogP contribution in [0, 0.1) is 0 Å². The Hall–Kier alpha value is -2.63. The molecular weight excluding hydrogens is 427 g/mol. The predicted octanol–water partition coefficient (Wildman–Crippen LogP) is 1.41. The van der Waals surface area contributed by atoms with Crippen molar-refractivity contribution in [3.05, 3.63) is 29.8 Å². The first-order valence-electron chi connectivity index (χ1n) is 9.19. The van der Waals surface area contributed by atoms with Crippen molar-refractivity contribution >= 4 is 27.4 Å². The van der Waals surface area contributed by atoms with Crippen molar-refractivity contribution in [2.24, 2.45) is 5.10 Å². The summed E-state index contributed by atoms with van der Waals surface area (Å²) in [6.45, 7) is -1.40. The van der Waals surface area contributed by atoms with Gasteiger partial charge in [-0.05, 0) is 24.1 Å². The third-order valence-electron chi connectivity index (χ3n) is 4.63. The van der Waals surface area contributed by atoms with Crippen LogP contribution in [0.5, 0.6) is 5.75 Å². The van der Waals surface area contributed by atoms with Gasteiger partial charge in [0.2, 0.25) is 5.91 Å². The standard InChI is InChI=1S/C18H20F3N3O5S/c19-18(20,21)11-29-14-3-1-2-12(8-14)9-22-17(26)15-4-5-16(25)24(23-15)13-6-7-30(27,28)10-13/h1-3,8,13H,4-7,9-11H2,(H,22,26). The minimum Gasteiger partial charge on any atom is -0.484 e. The zero-order valence-corrected chi connectivity index (χ0v) is 16.6. The predicted molar refractivity (Wildman–Crippen MR) is 100 cm³/mol. The Bertz CT molecular complexity index is 962. The fourth-order valence-electron chi connectivity index (χ4n) is 3.18. The quantitative estimate of drug-likeness (QED) is 0.710. The number of carbonyl (C=O) groups is 2. The molecule has 3 rings (SSSR count). The molecule has 164 valence electrons. The summed E-state index contributed by atoms with van der Waals surface area (Å²) in [6.07, 6.45) is -4.01. The van der Waals surface area contributed by atoms with Gasteiger partial charge in [0.05, 0.1) is 17.5 Å². The molecular formula is C18H20F3N3O5S. The number of amides is 2. The van der Waals surface area contributed by atoms with Crippen molar-refractivity contribution in [2.45, 2.75) is 38.0 Å². The zero-order valence-electron chi connectivity index (χ0n) is 15.8. The summed E-state index contributed by atoms with van der Waals surface area (Å²) in [5.41, 5.74) is 0.623. The molecule has 2 aliphatic rings. The lowest BCUT2D eigenvalue weighted by molar-refractivity contribution is -0.153. The van der Waals surface area contributed by atoms with E-state index in [9.17, 15) is 31.2 Å². The molecule has 2 amide bonds. The van der Waals surface area contributed by atoms with Crippen LogP contribution in [0.4, 0.5) is 13.2 Å². The maximum absolute atomic E-state index is 12.4. The highest BCUT2D eigenvalue weighted by Crippen LogP contribution is 2.22. The number of hydrazone groups is 1. The van der Waals surface area contributed by atoms with E-state index in [2.05, 4.69) is 15.2 Å². The van der Waals surface area contributed by atoms with E-state index >= 15 is 0 Å². The molecule has 12 heteroatoms. The number of benzene rings is 1. The Labute approximate surface area is 171 Å². The average molecular weight is 447 g/mol. The van der Waals surface area contributed by atoms with Gasteiger partial charge in [0.15, 0.2) is 16.4 Å². The van der Waals surface area contributed by atoms with Crippen molar-refractivity contribution in [1.29, 1.82) is 0 Å². The van der Waals surface area contributed by atoms with Crippen LogP contribution in [0.3, 0.4) is 0 Å². The Kier molecular flexibility index (Phi) is 6.34. The molecule has 1 aromatic carbocycles. The van der Waals surface area contributed by atoms with E-state index in [1.807, 2.05) is 0 Å². The van der Waals surface area contributed by atoms with Gasteiger partial charge in [-0.15, -0.1) is 0 Å². The van der Waals surface area contributed by atoms with Crippen LogP contribution in [0.2, 0.25) is 0 Å². The SMILES string of the molecule is O=C(NCc1cccc(OCC(F)(F)F)c1)C1=NN(C2CCS(=O)(=O)C2)C(=O)CC1. The highest BCUT2D eigenvalue weighted by Gasteiger charge is 2.37. The smallest absolute Gasteiger partial charge is 0.422 e. The molecule has 0 radical (unpaired) electrons. The molecule has 0 aromatic heterocycles. The van der Waals surface area contributed by atoms with Crippen molar-refractivity contribution in [3.8, 4) is 5.75 Å². The average Bonchev–Trinajstić information content (AvgIpc) is 3.04. The number of hydrogen-bond donors (Lipinski definition) is 1. The van der Waals surface area contributed by atoms with Gasteiger partial charge in [-0.2, -0.15) is 18.3 Å². The van der Waals surface area contributed by atoms with Crippen molar-refractivity contribution in [1.82, 2.24) is 10.3 Å². The lowest BCUT2D eigenvalue weighted by atomic mass is 10.1. The number of rotatable bonds is 6. The largest absolute Gasteiger partial charge is 0.484 e. The van der Waals surface area contributed by atoms with Gasteiger partial charge in [-0.1, -0.05) is 12.1 Å². The van der Waals surface area contributed by atoms with Gasteiger partial charge in [0, 0.05) is 19.4 Å². The van der Waals surface area contributed by atoms with Crippen LogP contribution in [0.1, 0.15) is 24.8 Å². The first-order valence-corrected chi connectivity index (χ1v) is 11.0. The molecule has 2 aliphatic heterocycles. The van der Waals surface area contributed by atoms with Crippen molar-refractivity contribution in [2.75, 3.05) is 18.1 Å². The van der Waals surface area contributed by atoms with E-state index in [0.717, 1.165) is 5.01 Å².